The Balaban J connectivity index is 1.68. The van der Waals surface area contributed by atoms with E-state index in [0.29, 0.717) is 17.3 Å². The lowest BCUT2D eigenvalue weighted by molar-refractivity contribution is 1.17. The van der Waals surface area contributed by atoms with Gasteiger partial charge in [0, 0.05) is 22.5 Å². The van der Waals surface area contributed by atoms with Gasteiger partial charge in [0.2, 0.25) is 0 Å². The maximum absolute atomic E-state index is 6.36. The highest BCUT2D eigenvalue weighted by atomic mass is 15.1. The molecule has 0 unspecified atom stereocenters. The average Bonchev–Trinajstić information content (AvgIpc) is 2.64. The van der Waals surface area contributed by atoms with Gasteiger partial charge in [-0.2, -0.15) is 0 Å². The van der Waals surface area contributed by atoms with Gasteiger partial charge in [-0.1, -0.05) is 12.1 Å². The van der Waals surface area contributed by atoms with Crippen LogP contribution in [-0.2, 0) is 0 Å². The fourth-order valence-corrected chi connectivity index (χ4v) is 3.27. The van der Waals surface area contributed by atoms with E-state index in [1.54, 1.807) is 0 Å². The Morgan fingerprint density at radius 2 is 1.54 bits per heavy atom. The Kier molecular flexibility index (Phi) is 4.53. The minimum atomic E-state index is 0.457. The minimum absolute atomic E-state index is 0.457. The second-order valence-electron chi connectivity index (χ2n) is 6.94. The lowest BCUT2D eigenvalue weighted by atomic mass is 10.1. The summed E-state index contributed by atoms with van der Waals surface area (Å²) in [6.07, 6.45) is 1.50. The molecule has 0 atom stereocenters. The number of anilines is 5. The summed E-state index contributed by atoms with van der Waals surface area (Å²) in [7, 11) is 0. The molecule has 0 spiro atoms. The Hall–Kier alpha value is -3.67. The number of aryl methyl sites for hydroxylation is 3. The summed E-state index contributed by atoms with van der Waals surface area (Å²) >= 11 is 0. The summed E-state index contributed by atoms with van der Waals surface area (Å²) in [5, 5.41) is 7.63. The molecule has 140 valence electrons. The summed E-state index contributed by atoms with van der Waals surface area (Å²) in [5.41, 5.74) is 12.9. The van der Waals surface area contributed by atoms with Crippen molar-refractivity contribution in [3.05, 3.63) is 71.7 Å². The molecule has 0 radical (unpaired) electrons. The van der Waals surface area contributed by atoms with E-state index in [2.05, 4.69) is 57.6 Å². The van der Waals surface area contributed by atoms with Crippen LogP contribution in [0.25, 0.3) is 10.9 Å². The number of benzene rings is 2. The molecule has 0 amide bonds. The molecule has 6 nitrogen and oxygen atoms in total. The van der Waals surface area contributed by atoms with Crippen LogP contribution in [0.15, 0.2) is 54.9 Å². The molecule has 0 aliphatic carbocycles. The van der Waals surface area contributed by atoms with Crippen LogP contribution in [0.5, 0.6) is 0 Å². The molecule has 0 saturated heterocycles. The first-order chi connectivity index (χ1) is 13.5. The Morgan fingerprint density at radius 3 is 2.29 bits per heavy atom. The molecule has 28 heavy (non-hydrogen) atoms. The number of nitrogens with zero attached hydrogens (tertiary/aromatic N) is 3. The average molecular weight is 370 g/mol. The van der Waals surface area contributed by atoms with Crippen molar-refractivity contribution in [2.24, 2.45) is 0 Å². The molecule has 2 aromatic carbocycles. The van der Waals surface area contributed by atoms with Gasteiger partial charge in [-0.25, -0.2) is 9.97 Å². The molecule has 4 aromatic rings. The predicted molar refractivity (Wildman–Crippen MR) is 115 cm³/mol. The molecule has 2 heterocycles. The number of nitrogens with two attached hydrogens (primary N) is 1. The number of rotatable bonds is 4. The summed E-state index contributed by atoms with van der Waals surface area (Å²) in [6.45, 7) is 6.10. The van der Waals surface area contributed by atoms with E-state index >= 15 is 0 Å². The minimum Gasteiger partial charge on any atom is -0.393 e. The first kappa shape index (κ1) is 17.7. The van der Waals surface area contributed by atoms with E-state index in [1.165, 1.54) is 17.5 Å². The zero-order valence-corrected chi connectivity index (χ0v) is 16.1. The fraction of sp³-hybridized carbons (Fsp3) is 0.136. The lowest BCUT2D eigenvalue weighted by Crippen LogP contribution is -2.05. The molecular weight excluding hydrogens is 348 g/mol. The third-order valence-electron chi connectivity index (χ3n) is 4.49. The van der Waals surface area contributed by atoms with Crippen molar-refractivity contribution >= 4 is 39.6 Å². The van der Waals surface area contributed by atoms with Gasteiger partial charge in [0.15, 0.2) is 11.6 Å². The highest BCUT2D eigenvalue weighted by molar-refractivity contribution is 5.94. The van der Waals surface area contributed by atoms with Crippen LogP contribution in [-0.4, -0.2) is 15.0 Å². The number of hydrogen-bond acceptors (Lipinski definition) is 6. The van der Waals surface area contributed by atoms with E-state index < -0.39 is 0 Å². The maximum atomic E-state index is 6.36. The second-order valence-corrected chi connectivity index (χ2v) is 6.94. The van der Waals surface area contributed by atoms with Gasteiger partial charge in [-0.05, 0) is 68.3 Å². The molecule has 0 saturated carbocycles. The molecule has 6 heteroatoms. The molecule has 0 aliphatic heterocycles. The van der Waals surface area contributed by atoms with Crippen molar-refractivity contribution in [1.29, 1.82) is 0 Å². The van der Waals surface area contributed by atoms with Gasteiger partial charge in [0.25, 0.3) is 0 Å². The van der Waals surface area contributed by atoms with Gasteiger partial charge in [-0.3, -0.25) is 4.98 Å². The molecule has 4 rings (SSSR count). The maximum Gasteiger partial charge on any atom is 0.159 e. The van der Waals surface area contributed by atoms with E-state index in [0.717, 1.165) is 28.0 Å². The summed E-state index contributed by atoms with van der Waals surface area (Å²) in [4.78, 5) is 13.2. The van der Waals surface area contributed by atoms with Crippen LogP contribution in [0.1, 0.15) is 16.8 Å². The zero-order chi connectivity index (χ0) is 19.7. The zero-order valence-electron chi connectivity index (χ0n) is 16.1. The standard InChI is InChI=1S/C22H22N6/c1-13-9-14(2)11-16(10-13)27-21-20(23)22(25-12-24-21)28-19-6-4-5-18-17(19)8-7-15(3)26-18/h4-12H,23H2,1-3H3,(H2,24,25,27,28). The van der Waals surface area contributed by atoms with Gasteiger partial charge in [0.1, 0.15) is 12.0 Å². The number of fused-ring (bicyclic) bond motifs is 1. The second kappa shape index (κ2) is 7.15. The van der Waals surface area contributed by atoms with Crippen molar-refractivity contribution in [2.75, 3.05) is 16.4 Å². The summed E-state index contributed by atoms with van der Waals surface area (Å²) < 4.78 is 0. The largest absolute Gasteiger partial charge is 0.393 e. The molecular formula is C22H22N6. The molecule has 4 N–H and O–H groups in total. The third-order valence-corrected chi connectivity index (χ3v) is 4.49. The number of pyridine rings is 1. The highest BCUT2D eigenvalue weighted by Crippen LogP contribution is 2.31. The van der Waals surface area contributed by atoms with Gasteiger partial charge >= 0.3 is 0 Å². The van der Waals surface area contributed by atoms with Crippen molar-refractivity contribution in [3.8, 4) is 0 Å². The number of hydrogen-bond donors (Lipinski definition) is 3. The number of nitrogen functional groups attached to an aromatic ring is 1. The SMILES string of the molecule is Cc1cc(C)cc(Nc2ncnc(Nc3cccc4nc(C)ccc34)c2N)c1. The van der Waals surface area contributed by atoms with E-state index in [4.69, 9.17) is 5.73 Å². The van der Waals surface area contributed by atoms with Crippen LogP contribution in [0.3, 0.4) is 0 Å². The molecule has 2 aromatic heterocycles. The highest BCUT2D eigenvalue weighted by Gasteiger charge is 2.11. The normalized spacial score (nSPS) is 10.8. The third kappa shape index (κ3) is 3.57. The molecule has 0 fully saturated rings. The Labute approximate surface area is 163 Å². The van der Waals surface area contributed by atoms with E-state index in [1.807, 2.05) is 37.3 Å². The van der Waals surface area contributed by atoms with E-state index in [-0.39, 0.29) is 0 Å². The summed E-state index contributed by atoms with van der Waals surface area (Å²) in [6, 6.07) is 16.2. The Bertz CT molecular complexity index is 1150. The van der Waals surface area contributed by atoms with Gasteiger partial charge < -0.3 is 16.4 Å². The van der Waals surface area contributed by atoms with Crippen LogP contribution >= 0.6 is 0 Å². The van der Waals surface area contributed by atoms with Crippen LogP contribution in [0, 0.1) is 20.8 Å². The van der Waals surface area contributed by atoms with Gasteiger partial charge in [-0.15, -0.1) is 0 Å². The van der Waals surface area contributed by atoms with Gasteiger partial charge in [0.05, 0.1) is 5.52 Å². The fourth-order valence-electron chi connectivity index (χ4n) is 3.27. The quantitative estimate of drug-likeness (QED) is 0.467. The monoisotopic (exact) mass is 370 g/mol. The van der Waals surface area contributed by atoms with Crippen molar-refractivity contribution in [2.45, 2.75) is 20.8 Å². The van der Waals surface area contributed by atoms with Crippen molar-refractivity contribution in [1.82, 2.24) is 15.0 Å². The van der Waals surface area contributed by atoms with Crippen LogP contribution < -0.4 is 16.4 Å². The van der Waals surface area contributed by atoms with Crippen LogP contribution in [0.4, 0.5) is 28.7 Å². The van der Waals surface area contributed by atoms with E-state index in [9.17, 15) is 0 Å². The summed E-state index contributed by atoms with van der Waals surface area (Å²) in [5.74, 6) is 1.12. The Morgan fingerprint density at radius 1 is 0.821 bits per heavy atom. The number of nitrogens with one attached hydrogen (secondary N) is 2. The van der Waals surface area contributed by atoms with Crippen molar-refractivity contribution < 1.29 is 0 Å². The van der Waals surface area contributed by atoms with Crippen LogP contribution in [0.2, 0.25) is 0 Å². The molecule has 0 aliphatic rings. The number of aromatic nitrogens is 3. The first-order valence-corrected chi connectivity index (χ1v) is 9.09. The smallest absolute Gasteiger partial charge is 0.159 e. The lowest BCUT2D eigenvalue weighted by Gasteiger charge is -2.14. The topological polar surface area (TPSA) is 88.8 Å². The molecule has 0 bridgehead atoms. The van der Waals surface area contributed by atoms with Crippen molar-refractivity contribution in [3.63, 3.8) is 0 Å². The first-order valence-electron chi connectivity index (χ1n) is 9.09. The predicted octanol–water partition coefficient (Wildman–Crippen LogP) is 5.02.